The van der Waals surface area contributed by atoms with Gasteiger partial charge in [-0.3, -0.25) is 0 Å². The average molecular weight is 250 g/mol. The molecule has 0 heterocycles. The highest BCUT2D eigenvalue weighted by Gasteiger charge is 2.09. The summed E-state index contributed by atoms with van der Waals surface area (Å²) in [5.74, 6) is 0.997. The standard InChI is InChI=1S/C15H26N2O/c1-11-10-15(18-5)13(3)12(2)14(11)6-7-17-9-8-16-4/h10,16-17H,6-9H2,1-5H3. The minimum absolute atomic E-state index is 0.997. The van der Waals surface area contributed by atoms with Crippen molar-refractivity contribution in [1.29, 1.82) is 0 Å². The maximum absolute atomic E-state index is 5.40. The zero-order chi connectivity index (χ0) is 13.5. The lowest BCUT2D eigenvalue weighted by molar-refractivity contribution is 0.410. The third kappa shape index (κ3) is 3.72. The second-order valence-electron chi connectivity index (χ2n) is 4.73. The van der Waals surface area contributed by atoms with E-state index in [9.17, 15) is 0 Å². The molecule has 18 heavy (non-hydrogen) atoms. The van der Waals surface area contributed by atoms with E-state index < -0.39 is 0 Å². The fraction of sp³-hybridized carbons (Fsp3) is 0.600. The van der Waals surface area contributed by atoms with Gasteiger partial charge in [0.1, 0.15) is 5.75 Å². The van der Waals surface area contributed by atoms with E-state index in [1.54, 1.807) is 7.11 Å². The summed E-state index contributed by atoms with van der Waals surface area (Å²) in [5.41, 5.74) is 5.39. The van der Waals surface area contributed by atoms with E-state index in [2.05, 4.69) is 37.5 Å². The molecule has 0 spiro atoms. The topological polar surface area (TPSA) is 33.3 Å². The lowest BCUT2D eigenvalue weighted by atomic mass is 9.95. The molecule has 1 aromatic carbocycles. The molecule has 0 amide bonds. The van der Waals surface area contributed by atoms with Crippen molar-refractivity contribution in [3.05, 3.63) is 28.3 Å². The number of benzene rings is 1. The monoisotopic (exact) mass is 250 g/mol. The lowest BCUT2D eigenvalue weighted by Gasteiger charge is -2.16. The fourth-order valence-corrected chi connectivity index (χ4v) is 2.25. The number of ether oxygens (including phenoxy) is 1. The van der Waals surface area contributed by atoms with Crippen LogP contribution in [0.3, 0.4) is 0 Å². The summed E-state index contributed by atoms with van der Waals surface area (Å²) in [6.45, 7) is 9.54. The second kappa shape index (κ2) is 7.39. The Hall–Kier alpha value is -1.06. The van der Waals surface area contributed by atoms with Crippen LogP contribution in [0, 0.1) is 20.8 Å². The van der Waals surface area contributed by atoms with Crippen LogP contribution >= 0.6 is 0 Å². The number of nitrogens with one attached hydrogen (secondary N) is 2. The Morgan fingerprint density at radius 3 is 2.39 bits per heavy atom. The average Bonchev–Trinajstić information content (AvgIpc) is 2.37. The van der Waals surface area contributed by atoms with E-state index in [-0.39, 0.29) is 0 Å². The Kier molecular flexibility index (Phi) is 6.16. The highest BCUT2D eigenvalue weighted by Crippen LogP contribution is 2.27. The highest BCUT2D eigenvalue weighted by atomic mass is 16.5. The number of likely N-dealkylation sites (N-methyl/N-ethyl adjacent to an activating group) is 1. The van der Waals surface area contributed by atoms with Crippen molar-refractivity contribution in [1.82, 2.24) is 10.6 Å². The molecule has 3 heteroatoms. The highest BCUT2D eigenvalue weighted by molar-refractivity contribution is 5.48. The Morgan fingerprint density at radius 2 is 1.78 bits per heavy atom. The van der Waals surface area contributed by atoms with Crippen LogP contribution in [0.2, 0.25) is 0 Å². The van der Waals surface area contributed by atoms with E-state index in [0.717, 1.165) is 31.8 Å². The van der Waals surface area contributed by atoms with Crippen molar-refractivity contribution in [2.24, 2.45) is 0 Å². The normalized spacial score (nSPS) is 10.7. The van der Waals surface area contributed by atoms with Crippen LogP contribution in [0.15, 0.2) is 6.07 Å². The molecule has 0 aliphatic carbocycles. The molecule has 2 N–H and O–H groups in total. The number of aryl methyl sites for hydroxylation is 1. The van der Waals surface area contributed by atoms with Crippen LogP contribution in [0.25, 0.3) is 0 Å². The first-order valence-corrected chi connectivity index (χ1v) is 6.60. The van der Waals surface area contributed by atoms with Gasteiger partial charge in [-0.05, 0) is 69.1 Å². The van der Waals surface area contributed by atoms with E-state index in [1.165, 1.54) is 22.3 Å². The molecular formula is C15H26N2O. The van der Waals surface area contributed by atoms with E-state index in [4.69, 9.17) is 4.74 Å². The predicted molar refractivity (Wildman–Crippen MR) is 77.7 cm³/mol. The van der Waals surface area contributed by atoms with Crippen molar-refractivity contribution in [3.8, 4) is 5.75 Å². The van der Waals surface area contributed by atoms with Gasteiger partial charge in [0.15, 0.2) is 0 Å². The molecule has 0 atom stereocenters. The van der Waals surface area contributed by atoms with Crippen molar-refractivity contribution in [2.45, 2.75) is 27.2 Å². The minimum Gasteiger partial charge on any atom is -0.496 e. The van der Waals surface area contributed by atoms with Gasteiger partial charge in [-0.15, -0.1) is 0 Å². The molecule has 0 saturated carbocycles. The Bertz CT molecular complexity index is 389. The zero-order valence-corrected chi connectivity index (χ0v) is 12.3. The first-order valence-electron chi connectivity index (χ1n) is 6.60. The SMILES string of the molecule is CNCCNCCc1c(C)cc(OC)c(C)c1C. The molecule has 0 aliphatic heterocycles. The molecule has 102 valence electrons. The first-order chi connectivity index (χ1) is 8.61. The lowest BCUT2D eigenvalue weighted by Crippen LogP contribution is -2.26. The van der Waals surface area contributed by atoms with Gasteiger partial charge in [-0.2, -0.15) is 0 Å². The molecule has 3 nitrogen and oxygen atoms in total. The molecule has 0 bridgehead atoms. The van der Waals surface area contributed by atoms with E-state index in [1.807, 2.05) is 7.05 Å². The quantitative estimate of drug-likeness (QED) is 0.726. The number of hydrogen-bond donors (Lipinski definition) is 2. The molecule has 1 rings (SSSR count). The second-order valence-corrected chi connectivity index (χ2v) is 4.73. The molecule has 1 aromatic rings. The summed E-state index contributed by atoms with van der Waals surface area (Å²) in [5, 5.41) is 6.58. The molecule has 0 aliphatic rings. The third-order valence-electron chi connectivity index (χ3n) is 3.53. The van der Waals surface area contributed by atoms with Crippen molar-refractivity contribution in [3.63, 3.8) is 0 Å². The molecule has 0 fully saturated rings. The number of methoxy groups -OCH3 is 1. The predicted octanol–water partition coefficient (Wildman–Crippen LogP) is 1.97. The summed E-state index contributed by atoms with van der Waals surface area (Å²) >= 11 is 0. The number of rotatable bonds is 7. The molecule has 0 radical (unpaired) electrons. The fourth-order valence-electron chi connectivity index (χ4n) is 2.25. The van der Waals surface area contributed by atoms with E-state index in [0.29, 0.717) is 0 Å². The smallest absolute Gasteiger partial charge is 0.122 e. The minimum atomic E-state index is 0.997. The van der Waals surface area contributed by atoms with E-state index >= 15 is 0 Å². The van der Waals surface area contributed by atoms with Crippen LogP contribution in [0.1, 0.15) is 22.3 Å². The molecule has 0 unspecified atom stereocenters. The summed E-state index contributed by atoms with van der Waals surface area (Å²) in [6, 6.07) is 2.14. The maximum Gasteiger partial charge on any atom is 0.122 e. The van der Waals surface area contributed by atoms with Gasteiger partial charge in [0, 0.05) is 13.1 Å². The summed E-state index contributed by atoms with van der Waals surface area (Å²) < 4.78 is 5.40. The van der Waals surface area contributed by atoms with Gasteiger partial charge in [0.2, 0.25) is 0 Å². The van der Waals surface area contributed by atoms with Gasteiger partial charge >= 0.3 is 0 Å². The van der Waals surface area contributed by atoms with Crippen molar-refractivity contribution in [2.75, 3.05) is 33.8 Å². The third-order valence-corrected chi connectivity index (χ3v) is 3.53. The van der Waals surface area contributed by atoms with Crippen LogP contribution in [0.4, 0.5) is 0 Å². The van der Waals surface area contributed by atoms with Crippen LogP contribution in [0.5, 0.6) is 5.75 Å². The van der Waals surface area contributed by atoms with Gasteiger partial charge in [0.25, 0.3) is 0 Å². The molecule has 0 aromatic heterocycles. The van der Waals surface area contributed by atoms with Crippen LogP contribution in [-0.4, -0.2) is 33.8 Å². The first kappa shape index (κ1) is 15.0. The van der Waals surface area contributed by atoms with Gasteiger partial charge in [-0.1, -0.05) is 0 Å². The maximum atomic E-state index is 5.40. The Labute approximate surface area is 111 Å². The van der Waals surface area contributed by atoms with Gasteiger partial charge < -0.3 is 15.4 Å². The van der Waals surface area contributed by atoms with Gasteiger partial charge in [0.05, 0.1) is 7.11 Å². The van der Waals surface area contributed by atoms with Crippen molar-refractivity contribution >= 4 is 0 Å². The summed E-state index contributed by atoms with van der Waals surface area (Å²) in [4.78, 5) is 0. The van der Waals surface area contributed by atoms with Gasteiger partial charge in [-0.25, -0.2) is 0 Å². The van der Waals surface area contributed by atoms with Crippen LogP contribution < -0.4 is 15.4 Å². The van der Waals surface area contributed by atoms with Crippen molar-refractivity contribution < 1.29 is 4.74 Å². The Balaban J connectivity index is 2.68. The molecular weight excluding hydrogens is 224 g/mol. The Morgan fingerprint density at radius 1 is 1.06 bits per heavy atom. The summed E-state index contributed by atoms with van der Waals surface area (Å²) in [6.07, 6.45) is 1.08. The zero-order valence-electron chi connectivity index (χ0n) is 12.3. The largest absolute Gasteiger partial charge is 0.496 e. The van der Waals surface area contributed by atoms with Crippen LogP contribution in [-0.2, 0) is 6.42 Å². The number of hydrogen-bond acceptors (Lipinski definition) is 3. The summed E-state index contributed by atoms with van der Waals surface area (Å²) in [7, 11) is 3.71. The molecule has 0 saturated heterocycles.